The predicted octanol–water partition coefficient (Wildman–Crippen LogP) is 4.65. The summed E-state index contributed by atoms with van der Waals surface area (Å²) < 4.78 is 6.03. The van der Waals surface area contributed by atoms with Crippen LogP contribution < -0.4 is 0 Å². The summed E-state index contributed by atoms with van der Waals surface area (Å²) in [6.45, 7) is 0. The number of hydrogen-bond acceptors (Lipinski definition) is 2. The second-order valence-corrected chi connectivity index (χ2v) is 4.82. The molecule has 0 spiro atoms. The molecule has 0 bridgehead atoms. The predicted molar refractivity (Wildman–Crippen MR) is 67.3 cm³/mol. The van der Waals surface area contributed by atoms with E-state index in [0.717, 1.165) is 21.5 Å². The highest BCUT2D eigenvalue weighted by atomic mass is 79.9. The summed E-state index contributed by atoms with van der Waals surface area (Å²) in [6.07, 6.45) is 0. The van der Waals surface area contributed by atoms with Gasteiger partial charge in [0, 0.05) is 16.1 Å². The van der Waals surface area contributed by atoms with Crippen LogP contribution in [0.1, 0.15) is 5.76 Å². The van der Waals surface area contributed by atoms with Crippen molar-refractivity contribution in [3.8, 4) is 11.3 Å². The Kier molecular flexibility index (Phi) is 3.49. The molecule has 0 fully saturated rings. The molecule has 0 N–H and O–H groups in total. The first-order valence-electron chi connectivity index (χ1n) is 4.17. The third-order valence-electron chi connectivity index (χ3n) is 1.90. The SMILES string of the molecule is Clc1cc(Br)ccc1-c1cc(CBr)on1. The Balaban J connectivity index is 2.44. The first-order valence-corrected chi connectivity index (χ1v) is 6.47. The van der Waals surface area contributed by atoms with Crippen LogP contribution in [-0.2, 0) is 5.33 Å². The molecular weight excluding hydrogens is 345 g/mol. The van der Waals surface area contributed by atoms with E-state index in [1.165, 1.54) is 0 Å². The molecule has 0 aliphatic rings. The normalized spacial score (nSPS) is 10.6. The van der Waals surface area contributed by atoms with Gasteiger partial charge in [-0.05, 0) is 12.1 Å². The Hall–Kier alpha value is -0.320. The molecular formula is C10H6Br2ClNO. The van der Waals surface area contributed by atoms with E-state index in [2.05, 4.69) is 37.0 Å². The largest absolute Gasteiger partial charge is 0.360 e. The first-order chi connectivity index (χ1) is 7.20. The van der Waals surface area contributed by atoms with Crippen molar-refractivity contribution in [1.29, 1.82) is 0 Å². The zero-order valence-corrected chi connectivity index (χ0v) is 11.4. The van der Waals surface area contributed by atoms with Gasteiger partial charge in [-0.15, -0.1) is 0 Å². The molecule has 2 aromatic rings. The molecule has 78 valence electrons. The Morgan fingerprint density at radius 3 is 2.73 bits per heavy atom. The van der Waals surface area contributed by atoms with Crippen LogP contribution in [-0.4, -0.2) is 5.16 Å². The zero-order valence-electron chi connectivity index (χ0n) is 7.51. The van der Waals surface area contributed by atoms with Crippen molar-refractivity contribution < 1.29 is 4.52 Å². The molecule has 1 aromatic heterocycles. The lowest BCUT2D eigenvalue weighted by Gasteiger charge is -1.99. The van der Waals surface area contributed by atoms with Crippen LogP contribution in [0.3, 0.4) is 0 Å². The summed E-state index contributed by atoms with van der Waals surface area (Å²) in [4.78, 5) is 0. The van der Waals surface area contributed by atoms with Crippen molar-refractivity contribution in [3.05, 3.63) is 39.5 Å². The van der Waals surface area contributed by atoms with E-state index in [9.17, 15) is 0 Å². The molecule has 1 aromatic carbocycles. The first kappa shape index (κ1) is 11.2. The van der Waals surface area contributed by atoms with Gasteiger partial charge in [-0.2, -0.15) is 0 Å². The van der Waals surface area contributed by atoms with Crippen molar-refractivity contribution in [2.75, 3.05) is 0 Å². The van der Waals surface area contributed by atoms with E-state index >= 15 is 0 Å². The number of hydrogen-bond donors (Lipinski definition) is 0. The lowest BCUT2D eigenvalue weighted by atomic mass is 10.1. The van der Waals surface area contributed by atoms with Gasteiger partial charge < -0.3 is 4.52 Å². The topological polar surface area (TPSA) is 26.0 Å². The van der Waals surface area contributed by atoms with Gasteiger partial charge in [0.05, 0.1) is 10.4 Å². The summed E-state index contributed by atoms with van der Waals surface area (Å²) >= 11 is 12.7. The van der Waals surface area contributed by atoms with Crippen LogP contribution in [0, 0.1) is 0 Å². The Morgan fingerprint density at radius 2 is 2.13 bits per heavy atom. The summed E-state index contributed by atoms with van der Waals surface area (Å²) in [5.41, 5.74) is 1.62. The van der Waals surface area contributed by atoms with Crippen molar-refractivity contribution in [2.45, 2.75) is 5.33 Å². The fourth-order valence-electron chi connectivity index (χ4n) is 1.20. The van der Waals surface area contributed by atoms with Crippen LogP contribution in [0.5, 0.6) is 0 Å². The fraction of sp³-hybridized carbons (Fsp3) is 0.100. The van der Waals surface area contributed by atoms with Gasteiger partial charge in [0.25, 0.3) is 0 Å². The molecule has 0 unspecified atom stereocenters. The number of benzene rings is 1. The van der Waals surface area contributed by atoms with Crippen LogP contribution in [0.4, 0.5) is 0 Å². The van der Waals surface area contributed by atoms with Crippen LogP contribution in [0.15, 0.2) is 33.3 Å². The number of nitrogens with zero attached hydrogens (tertiary/aromatic N) is 1. The molecule has 0 aliphatic carbocycles. The molecule has 2 rings (SSSR count). The monoisotopic (exact) mass is 349 g/mol. The highest BCUT2D eigenvalue weighted by Crippen LogP contribution is 2.30. The maximum Gasteiger partial charge on any atom is 0.147 e. The minimum Gasteiger partial charge on any atom is -0.360 e. The van der Waals surface area contributed by atoms with E-state index in [1.807, 2.05) is 24.3 Å². The summed E-state index contributed by atoms with van der Waals surface area (Å²) in [6, 6.07) is 7.52. The Bertz CT molecular complexity index is 484. The molecule has 1 heterocycles. The van der Waals surface area contributed by atoms with E-state index in [1.54, 1.807) is 0 Å². The minimum absolute atomic E-state index is 0.647. The second-order valence-electron chi connectivity index (χ2n) is 2.94. The molecule has 0 saturated heterocycles. The highest BCUT2D eigenvalue weighted by molar-refractivity contribution is 9.10. The second kappa shape index (κ2) is 4.68. The maximum atomic E-state index is 6.09. The fourth-order valence-corrected chi connectivity index (χ4v) is 2.23. The smallest absolute Gasteiger partial charge is 0.147 e. The highest BCUT2D eigenvalue weighted by Gasteiger charge is 2.09. The van der Waals surface area contributed by atoms with E-state index < -0.39 is 0 Å². The maximum absolute atomic E-state index is 6.09. The van der Waals surface area contributed by atoms with Gasteiger partial charge in [0.1, 0.15) is 11.5 Å². The van der Waals surface area contributed by atoms with Crippen molar-refractivity contribution in [3.63, 3.8) is 0 Å². The molecule has 0 aliphatic heterocycles. The summed E-state index contributed by atoms with van der Waals surface area (Å²) in [5.74, 6) is 0.781. The lowest BCUT2D eigenvalue weighted by Crippen LogP contribution is -1.78. The van der Waals surface area contributed by atoms with Crippen LogP contribution in [0.2, 0.25) is 5.02 Å². The standard InChI is InChI=1S/C10H6Br2ClNO/c11-5-7-4-10(14-15-7)8-2-1-6(12)3-9(8)13/h1-4H,5H2. The van der Waals surface area contributed by atoms with Crippen LogP contribution >= 0.6 is 43.5 Å². The molecule has 2 nitrogen and oxygen atoms in total. The van der Waals surface area contributed by atoms with E-state index in [-0.39, 0.29) is 0 Å². The van der Waals surface area contributed by atoms with Gasteiger partial charge in [0.2, 0.25) is 0 Å². The number of alkyl halides is 1. The molecule has 0 saturated carbocycles. The number of rotatable bonds is 2. The third kappa shape index (κ3) is 2.44. The minimum atomic E-state index is 0.647. The number of aromatic nitrogens is 1. The van der Waals surface area contributed by atoms with E-state index in [4.69, 9.17) is 16.1 Å². The average Bonchev–Trinajstić information content (AvgIpc) is 2.66. The van der Waals surface area contributed by atoms with Gasteiger partial charge in [-0.3, -0.25) is 0 Å². The quantitative estimate of drug-likeness (QED) is 0.736. The third-order valence-corrected chi connectivity index (χ3v) is 3.26. The Labute approximate surface area is 109 Å². The Morgan fingerprint density at radius 1 is 1.33 bits per heavy atom. The molecule has 5 heteroatoms. The van der Waals surface area contributed by atoms with Crippen molar-refractivity contribution in [1.82, 2.24) is 5.16 Å². The van der Waals surface area contributed by atoms with Gasteiger partial charge in [-0.25, -0.2) is 0 Å². The molecule has 0 radical (unpaired) electrons. The van der Waals surface area contributed by atoms with Gasteiger partial charge in [-0.1, -0.05) is 54.7 Å². The van der Waals surface area contributed by atoms with Crippen LogP contribution in [0.25, 0.3) is 11.3 Å². The summed E-state index contributed by atoms with van der Waals surface area (Å²) in [5, 5.41) is 5.24. The van der Waals surface area contributed by atoms with Gasteiger partial charge >= 0.3 is 0 Å². The van der Waals surface area contributed by atoms with Gasteiger partial charge in [0.15, 0.2) is 0 Å². The van der Waals surface area contributed by atoms with Crippen molar-refractivity contribution in [2.24, 2.45) is 0 Å². The average molecular weight is 351 g/mol. The lowest BCUT2D eigenvalue weighted by molar-refractivity contribution is 0.398. The molecule has 15 heavy (non-hydrogen) atoms. The number of halogens is 3. The summed E-state index contributed by atoms with van der Waals surface area (Å²) in [7, 11) is 0. The zero-order chi connectivity index (χ0) is 10.8. The molecule has 0 amide bonds. The van der Waals surface area contributed by atoms with E-state index in [0.29, 0.717) is 10.4 Å². The molecule has 0 atom stereocenters. The van der Waals surface area contributed by atoms with Crippen molar-refractivity contribution >= 4 is 43.5 Å².